The molecule has 0 spiro atoms. The second-order valence-corrected chi connectivity index (χ2v) is 6.96. The highest BCUT2D eigenvalue weighted by Crippen LogP contribution is 2.21. The molecule has 19 heavy (non-hydrogen) atoms. The molecule has 0 aliphatic rings. The summed E-state index contributed by atoms with van der Waals surface area (Å²) in [5.74, 6) is 0. The maximum absolute atomic E-state index is 10.9. The van der Waals surface area contributed by atoms with Crippen LogP contribution in [0.15, 0.2) is 47.4 Å². The first-order valence-electron chi connectivity index (χ1n) is 5.81. The summed E-state index contributed by atoms with van der Waals surface area (Å²) in [7, 11) is 4.12. The molecule has 104 valence electrons. The number of nitrogens with zero attached hydrogens (tertiary/aromatic N) is 1. The average molecular weight is 281 g/mol. The van der Waals surface area contributed by atoms with E-state index in [4.69, 9.17) is 0 Å². The summed E-state index contributed by atoms with van der Waals surface area (Å²) in [6, 6.07) is 11.5. The molecular weight excluding hydrogens is 262 g/mol. The van der Waals surface area contributed by atoms with Crippen LogP contribution in [0.25, 0.3) is 10.8 Å². The van der Waals surface area contributed by atoms with Crippen LogP contribution in [0.1, 0.15) is 0 Å². The first-order chi connectivity index (χ1) is 8.59. The Morgan fingerprint density at radius 1 is 0.895 bits per heavy atom. The Bertz CT molecular complexity index is 646. The molecule has 0 atom stereocenters. The summed E-state index contributed by atoms with van der Waals surface area (Å²) >= 11 is 0. The van der Waals surface area contributed by atoms with Crippen molar-refractivity contribution >= 4 is 20.9 Å². The average Bonchev–Trinajstić information content (AvgIpc) is 2.25. The van der Waals surface area contributed by atoms with Gasteiger partial charge in [0, 0.05) is 0 Å². The normalized spacial score (nSPS) is 11.8. The van der Waals surface area contributed by atoms with Crippen LogP contribution in [0.2, 0.25) is 0 Å². The van der Waals surface area contributed by atoms with Gasteiger partial charge in [0.2, 0.25) is 0 Å². The molecule has 0 radical (unpaired) electrons. The highest BCUT2D eigenvalue weighted by atomic mass is 32.2. The molecule has 0 saturated heterocycles. The fraction of sp³-hybridized carbons (Fsp3) is 0.286. The SMILES string of the molecule is C[N+](C)(C)C.O=S(=O)([O-])c1cccc2ccccc12. The van der Waals surface area contributed by atoms with E-state index in [0.29, 0.717) is 5.39 Å². The minimum absolute atomic E-state index is 0.157. The zero-order chi connectivity index (χ0) is 14.7. The van der Waals surface area contributed by atoms with Crippen molar-refractivity contribution in [2.75, 3.05) is 28.2 Å². The molecule has 4 nitrogen and oxygen atoms in total. The molecule has 0 aliphatic carbocycles. The molecule has 0 unspecified atom stereocenters. The number of rotatable bonds is 1. The zero-order valence-corrected chi connectivity index (χ0v) is 12.4. The third kappa shape index (κ3) is 5.38. The number of fused-ring (bicyclic) bond motifs is 1. The molecule has 0 aliphatic heterocycles. The van der Waals surface area contributed by atoms with Crippen LogP contribution in [-0.2, 0) is 10.1 Å². The summed E-state index contributed by atoms with van der Waals surface area (Å²) in [5, 5.41) is 1.23. The van der Waals surface area contributed by atoms with Gasteiger partial charge in [0.15, 0.2) is 0 Å². The maximum Gasteiger partial charge on any atom is 0.125 e. The Morgan fingerprint density at radius 2 is 1.37 bits per heavy atom. The van der Waals surface area contributed by atoms with Crippen LogP contribution in [0.3, 0.4) is 0 Å². The standard InChI is InChI=1S/C10H8O3S.C4H12N/c11-14(12,13)10-7-3-5-8-4-1-2-6-9(8)10;1-5(2,3)4/h1-7H,(H,11,12,13);1-4H3/q;+1/p-1. The molecule has 0 bridgehead atoms. The lowest BCUT2D eigenvalue weighted by Gasteiger charge is -2.14. The fourth-order valence-electron chi connectivity index (χ4n) is 1.41. The highest BCUT2D eigenvalue weighted by Gasteiger charge is 2.05. The van der Waals surface area contributed by atoms with Gasteiger partial charge in [-0.1, -0.05) is 36.4 Å². The van der Waals surface area contributed by atoms with Crippen molar-refractivity contribution in [3.8, 4) is 0 Å². The molecule has 0 aromatic heterocycles. The van der Waals surface area contributed by atoms with Crippen LogP contribution < -0.4 is 0 Å². The second kappa shape index (κ2) is 5.69. The van der Waals surface area contributed by atoms with Crippen LogP contribution >= 0.6 is 0 Å². The lowest BCUT2D eigenvalue weighted by molar-refractivity contribution is -0.849. The van der Waals surface area contributed by atoms with Gasteiger partial charge in [0.05, 0.1) is 33.1 Å². The predicted octanol–water partition coefficient (Wildman–Crippen LogP) is 2.07. The number of benzene rings is 2. The van der Waals surface area contributed by atoms with E-state index in [1.165, 1.54) is 6.07 Å². The van der Waals surface area contributed by atoms with Crippen molar-refractivity contribution in [1.82, 2.24) is 0 Å². The van der Waals surface area contributed by atoms with Gasteiger partial charge in [-0.05, 0) is 16.8 Å². The van der Waals surface area contributed by atoms with E-state index in [1.807, 2.05) is 0 Å². The number of hydrogen-bond donors (Lipinski definition) is 0. The van der Waals surface area contributed by atoms with Gasteiger partial charge in [-0.15, -0.1) is 0 Å². The van der Waals surface area contributed by atoms with E-state index in [2.05, 4.69) is 28.2 Å². The highest BCUT2D eigenvalue weighted by molar-refractivity contribution is 7.86. The van der Waals surface area contributed by atoms with E-state index in [1.54, 1.807) is 36.4 Å². The van der Waals surface area contributed by atoms with Crippen LogP contribution in [0.5, 0.6) is 0 Å². The van der Waals surface area contributed by atoms with Crippen LogP contribution in [-0.4, -0.2) is 45.6 Å². The van der Waals surface area contributed by atoms with E-state index >= 15 is 0 Å². The fourth-order valence-corrected chi connectivity index (χ4v) is 2.11. The van der Waals surface area contributed by atoms with Gasteiger partial charge in [0.1, 0.15) is 10.1 Å². The summed E-state index contributed by atoms with van der Waals surface area (Å²) in [5.41, 5.74) is 0. The minimum Gasteiger partial charge on any atom is -0.744 e. The van der Waals surface area contributed by atoms with Gasteiger partial charge >= 0.3 is 0 Å². The molecule has 2 rings (SSSR count). The number of quaternary nitrogens is 1. The smallest absolute Gasteiger partial charge is 0.125 e. The van der Waals surface area contributed by atoms with Crippen molar-refractivity contribution in [1.29, 1.82) is 0 Å². The number of hydrogen-bond acceptors (Lipinski definition) is 3. The molecule has 0 saturated carbocycles. The van der Waals surface area contributed by atoms with E-state index in [0.717, 1.165) is 9.87 Å². The summed E-state index contributed by atoms with van der Waals surface area (Å²) in [6.45, 7) is 0. The molecule has 0 amide bonds. The molecule has 0 heterocycles. The molecule has 2 aromatic rings. The van der Waals surface area contributed by atoms with E-state index in [-0.39, 0.29) is 4.90 Å². The van der Waals surface area contributed by atoms with Crippen molar-refractivity contribution in [2.45, 2.75) is 4.90 Å². The van der Waals surface area contributed by atoms with Gasteiger partial charge < -0.3 is 9.04 Å². The minimum atomic E-state index is -4.38. The second-order valence-electron chi connectivity index (χ2n) is 5.61. The van der Waals surface area contributed by atoms with Crippen molar-refractivity contribution < 1.29 is 17.5 Å². The maximum atomic E-state index is 10.9. The van der Waals surface area contributed by atoms with E-state index < -0.39 is 10.1 Å². The topological polar surface area (TPSA) is 57.2 Å². The summed E-state index contributed by atoms with van der Waals surface area (Å²) < 4.78 is 33.7. The van der Waals surface area contributed by atoms with Crippen LogP contribution in [0.4, 0.5) is 0 Å². The van der Waals surface area contributed by atoms with Crippen LogP contribution in [0, 0.1) is 0 Å². The third-order valence-electron chi connectivity index (χ3n) is 2.02. The molecule has 0 fully saturated rings. The summed E-state index contributed by atoms with van der Waals surface area (Å²) in [6.07, 6.45) is 0. The molecule has 2 aromatic carbocycles. The zero-order valence-electron chi connectivity index (χ0n) is 11.6. The van der Waals surface area contributed by atoms with Gasteiger partial charge in [-0.2, -0.15) is 0 Å². The van der Waals surface area contributed by atoms with Crippen molar-refractivity contribution in [2.24, 2.45) is 0 Å². The Balaban J connectivity index is 0.000000312. The molecular formula is C14H19NO3S. The van der Waals surface area contributed by atoms with Crippen molar-refractivity contribution in [3.63, 3.8) is 0 Å². The van der Waals surface area contributed by atoms with Gasteiger partial charge in [-0.25, -0.2) is 8.42 Å². The summed E-state index contributed by atoms with van der Waals surface area (Å²) in [4.78, 5) is -0.157. The first-order valence-corrected chi connectivity index (χ1v) is 7.22. The molecule has 5 heteroatoms. The Hall–Kier alpha value is -1.43. The molecule has 0 N–H and O–H groups in total. The lowest BCUT2D eigenvalue weighted by atomic mass is 10.1. The Labute approximate surface area is 114 Å². The predicted molar refractivity (Wildman–Crippen MR) is 75.9 cm³/mol. The van der Waals surface area contributed by atoms with E-state index in [9.17, 15) is 13.0 Å². The quantitative estimate of drug-likeness (QED) is 0.594. The Morgan fingerprint density at radius 3 is 1.89 bits per heavy atom. The largest absolute Gasteiger partial charge is 0.744 e. The van der Waals surface area contributed by atoms with Crippen molar-refractivity contribution in [3.05, 3.63) is 42.5 Å². The first kappa shape index (κ1) is 15.6. The van der Waals surface area contributed by atoms with Gasteiger partial charge in [-0.3, -0.25) is 0 Å². The lowest BCUT2D eigenvalue weighted by Crippen LogP contribution is -2.27. The van der Waals surface area contributed by atoms with Gasteiger partial charge in [0.25, 0.3) is 0 Å². The third-order valence-corrected chi connectivity index (χ3v) is 2.91. The monoisotopic (exact) mass is 281 g/mol. The Kier molecular flexibility index (Phi) is 4.68.